The first-order valence-corrected chi connectivity index (χ1v) is 9.81. The molecule has 9 heteroatoms. The minimum atomic E-state index is -5.12. The minimum Gasteiger partial charge on any atom is -0.497 e. The van der Waals surface area contributed by atoms with Crippen molar-refractivity contribution in [2.45, 2.75) is 31.4 Å². The molecule has 2 aromatic carbocycles. The number of rotatable bonds is 4. The third-order valence-corrected chi connectivity index (χ3v) is 5.64. The molecule has 1 unspecified atom stereocenters. The molecule has 2 aromatic rings. The SMILES string of the molecule is COc1ccc2c(c1)C(=O)N1CCN(Cc3ccccc3)C(OC(=O)C(F)(F)F)[C@H]1C2. The summed E-state index contributed by atoms with van der Waals surface area (Å²) in [5.41, 5.74) is 2.01. The molecule has 0 aromatic heterocycles. The van der Waals surface area contributed by atoms with E-state index in [0.29, 0.717) is 30.0 Å². The number of halogens is 3. The molecule has 0 saturated carbocycles. The maximum absolute atomic E-state index is 13.1. The van der Waals surface area contributed by atoms with Crippen molar-refractivity contribution in [1.29, 1.82) is 0 Å². The smallest absolute Gasteiger partial charge is 0.490 e. The number of piperazine rings is 1. The average Bonchev–Trinajstić information content (AvgIpc) is 2.75. The van der Waals surface area contributed by atoms with Crippen molar-refractivity contribution in [3.05, 3.63) is 65.2 Å². The van der Waals surface area contributed by atoms with Crippen molar-refractivity contribution in [2.24, 2.45) is 0 Å². The van der Waals surface area contributed by atoms with Crippen molar-refractivity contribution in [1.82, 2.24) is 9.80 Å². The van der Waals surface area contributed by atoms with Gasteiger partial charge in [-0.2, -0.15) is 13.2 Å². The van der Waals surface area contributed by atoms with E-state index in [0.717, 1.165) is 5.56 Å². The molecule has 2 heterocycles. The van der Waals surface area contributed by atoms with E-state index >= 15 is 0 Å². The number of nitrogens with zero attached hydrogens (tertiary/aromatic N) is 2. The molecule has 2 aliphatic rings. The van der Waals surface area contributed by atoms with Gasteiger partial charge >= 0.3 is 12.1 Å². The lowest BCUT2D eigenvalue weighted by Gasteiger charge is -2.48. The second-order valence-corrected chi connectivity index (χ2v) is 7.54. The first-order valence-electron chi connectivity index (χ1n) is 9.81. The molecule has 31 heavy (non-hydrogen) atoms. The largest absolute Gasteiger partial charge is 0.497 e. The molecule has 4 rings (SSSR count). The van der Waals surface area contributed by atoms with Crippen LogP contribution in [0.25, 0.3) is 0 Å². The Balaban J connectivity index is 1.67. The van der Waals surface area contributed by atoms with Gasteiger partial charge in [-0.05, 0) is 29.7 Å². The molecule has 6 nitrogen and oxygen atoms in total. The van der Waals surface area contributed by atoms with Crippen molar-refractivity contribution in [3.8, 4) is 5.75 Å². The predicted octanol–water partition coefficient (Wildman–Crippen LogP) is 3.01. The zero-order valence-corrected chi connectivity index (χ0v) is 16.8. The topological polar surface area (TPSA) is 59.1 Å². The highest BCUT2D eigenvalue weighted by atomic mass is 19.4. The third kappa shape index (κ3) is 4.23. The highest BCUT2D eigenvalue weighted by Gasteiger charge is 2.49. The molecule has 1 fully saturated rings. The van der Waals surface area contributed by atoms with Crippen LogP contribution in [-0.2, 0) is 22.5 Å². The zero-order chi connectivity index (χ0) is 22.2. The lowest BCUT2D eigenvalue weighted by molar-refractivity contribution is -0.221. The van der Waals surface area contributed by atoms with Crippen LogP contribution in [0.15, 0.2) is 48.5 Å². The number of carbonyl (C=O) groups is 2. The lowest BCUT2D eigenvalue weighted by atomic mass is 9.90. The summed E-state index contributed by atoms with van der Waals surface area (Å²) in [6.07, 6.45) is -6.07. The fourth-order valence-electron chi connectivity index (χ4n) is 4.15. The number of amides is 1. The summed E-state index contributed by atoms with van der Waals surface area (Å²) in [5.74, 6) is -2.05. The van der Waals surface area contributed by atoms with E-state index in [9.17, 15) is 22.8 Å². The van der Waals surface area contributed by atoms with Gasteiger partial charge in [0.15, 0.2) is 6.23 Å². The maximum Gasteiger partial charge on any atom is 0.490 e. The molecule has 1 saturated heterocycles. The van der Waals surface area contributed by atoms with Crippen molar-refractivity contribution < 1.29 is 32.2 Å². The summed E-state index contributed by atoms with van der Waals surface area (Å²) in [7, 11) is 1.49. The highest BCUT2D eigenvalue weighted by molar-refractivity contribution is 5.97. The number of fused-ring (bicyclic) bond motifs is 2. The van der Waals surface area contributed by atoms with Crippen LogP contribution in [0.4, 0.5) is 13.2 Å². The standard InChI is InChI=1S/C22H21F3N2O4/c1-30-16-8-7-15-11-18-20(31-21(29)22(23,24)25)26(13-14-5-3-2-4-6-14)9-10-27(18)19(28)17(15)12-16/h2-8,12,18,20H,9-11,13H2,1H3/t18-,20?/m1/s1. The molecule has 1 amide bonds. The number of carbonyl (C=O) groups excluding carboxylic acids is 2. The summed E-state index contributed by atoms with van der Waals surface area (Å²) in [5, 5.41) is 0. The van der Waals surface area contributed by atoms with E-state index in [4.69, 9.17) is 9.47 Å². The molecule has 164 valence electrons. The van der Waals surface area contributed by atoms with Gasteiger partial charge in [-0.15, -0.1) is 0 Å². The van der Waals surface area contributed by atoms with Gasteiger partial charge in [0.25, 0.3) is 5.91 Å². The first-order chi connectivity index (χ1) is 14.8. The quantitative estimate of drug-likeness (QED) is 0.693. The lowest BCUT2D eigenvalue weighted by Crippen LogP contribution is -2.64. The van der Waals surface area contributed by atoms with E-state index in [-0.39, 0.29) is 18.9 Å². The van der Waals surface area contributed by atoms with Crippen LogP contribution in [0.3, 0.4) is 0 Å². The van der Waals surface area contributed by atoms with Crippen molar-refractivity contribution in [3.63, 3.8) is 0 Å². The Kier molecular flexibility index (Phi) is 5.62. The van der Waals surface area contributed by atoms with E-state index in [1.807, 2.05) is 30.3 Å². The minimum absolute atomic E-state index is 0.270. The van der Waals surface area contributed by atoms with Crippen LogP contribution in [0, 0.1) is 0 Å². The van der Waals surface area contributed by atoms with Crippen LogP contribution >= 0.6 is 0 Å². The summed E-state index contributed by atoms with van der Waals surface area (Å²) in [4.78, 5) is 28.0. The third-order valence-electron chi connectivity index (χ3n) is 5.64. The van der Waals surface area contributed by atoms with Crippen LogP contribution in [-0.4, -0.2) is 60.3 Å². The second-order valence-electron chi connectivity index (χ2n) is 7.54. The average molecular weight is 434 g/mol. The maximum atomic E-state index is 13.1. The Labute approximate surface area is 177 Å². The molecule has 2 atom stereocenters. The van der Waals surface area contributed by atoms with Gasteiger partial charge in [-0.1, -0.05) is 36.4 Å². The van der Waals surface area contributed by atoms with E-state index in [1.54, 1.807) is 23.1 Å². The number of hydrogen-bond donors (Lipinski definition) is 0. The highest BCUT2D eigenvalue weighted by Crippen LogP contribution is 2.33. The molecular formula is C22H21F3N2O4. The summed E-state index contributed by atoms with van der Waals surface area (Å²) in [6.45, 7) is 0.879. The number of hydrogen-bond acceptors (Lipinski definition) is 5. The van der Waals surface area contributed by atoms with Gasteiger partial charge in [0.1, 0.15) is 5.75 Å². The zero-order valence-electron chi connectivity index (χ0n) is 16.8. The van der Waals surface area contributed by atoms with Gasteiger partial charge < -0.3 is 14.4 Å². The van der Waals surface area contributed by atoms with Crippen LogP contribution < -0.4 is 4.74 Å². The monoisotopic (exact) mass is 434 g/mol. The van der Waals surface area contributed by atoms with Crippen LogP contribution in [0.2, 0.25) is 0 Å². The van der Waals surface area contributed by atoms with Gasteiger partial charge in [-0.25, -0.2) is 4.79 Å². The van der Waals surface area contributed by atoms with Gasteiger partial charge in [0.05, 0.1) is 13.2 Å². The fourth-order valence-corrected chi connectivity index (χ4v) is 4.15. The van der Waals surface area contributed by atoms with Crippen LogP contribution in [0.5, 0.6) is 5.75 Å². The van der Waals surface area contributed by atoms with Gasteiger partial charge in [-0.3, -0.25) is 9.69 Å². The summed E-state index contributed by atoms with van der Waals surface area (Å²) < 4.78 is 49.1. The Hall–Kier alpha value is -3.07. The fraction of sp³-hybridized carbons (Fsp3) is 0.364. The Morgan fingerprint density at radius 3 is 2.55 bits per heavy atom. The second kappa shape index (κ2) is 8.22. The van der Waals surface area contributed by atoms with E-state index < -0.39 is 24.4 Å². The number of esters is 1. The van der Waals surface area contributed by atoms with E-state index in [2.05, 4.69) is 0 Å². The number of benzene rings is 2. The summed E-state index contributed by atoms with van der Waals surface area (Å²) in [6, 6.07) is 13.5. The Morgan fingerprint density at radius 2 is 1.87 bits per heavy atom. The number of alkyl halides is 3. The molecule has 0 bridgehead atoms. The Morgan fingerprint density at radius 1 is 1.13 bits per heavy atom. The van der Waals surface area contributed by atoms with E-state index in [1.165, 1.54) is 12.0 Å². The molecule has 2 aliphatic heterocycles. The molecular weight excluding hydrogens is 413 g/mol. The van der Waals surface area contributed by atoms with Gasteiger partial charge in [0, 0.05) is 25.2 Å². The molecule has 0 spiro atoms. The Bertz CT molecular complexity index is 980. The van der Waals surface area contributed by atoms with Crippen molar-refractivity contribution >= 4 is 11.9 Å². The van der Waals surface area contributed by atoms with Crippen molar-refractivity contribution in [2.75, 3.05) is 20.2 Å². The molecule has 0 aliphatic carbocycles. The molecule has 0 N–H and O–H groups in total. The predicted molar refractivity (Wildman–Crippen MR) is 104 cm³/mol. The normalized spacial score (nSPS) is 21.3. The van der Waals surface area contributed by atoms with Crippen LogP contribution in [0.1, 0.15) is 21.5 Å². The first kappa shape index (κ1) is 21.2. The number of methoxy groups -OCH3 is 1. The number of ether oxygens (including phenoxy) is 2. The van der Waals surface area contributed by atoms with Gasteiger partial charge in [0.2, 0.25) is 0 Å². The molecule has 0 radical (unpaired) electrons. The summed E-state index contributed by atoms with van der Waals surface area (Å²) >= 11 is 0.